The van der Waals surface area contributed by atoms with Gasteiger partial charge in [0.15, 0.2) is 6.10 Å². The van der Waals surface area contributed by atoms with Gasteiger partial charge >= 0.3 is 0 Å². The molecule has 1 N–H and O–H groups in total. The van der Waals surface area contributed by atoms with Crippen molar-refractivity contribution in [3.05, 3.63) is 48.3 Å². The topological polar surface area (TPSA) is 65.4 Å². The van der Waals surface area contributed by atoms with Gasteiger partial charge in [-0.25, -0.2) is 4.68 Å². The molecular formula is C16H19N3O3. The number of nitrogens with one attached hydrogen (secondary N) is 1. The normalized spacial score (nSPS) is 19.6. The fourth-order valence-electron chi connectivity index (χ4n) is 2.39. The summed E-state index contributed by atoms with van der Waals surface area (Å²) in [6.07, 6.45) is 3.10. The Morgan fingerprint density at radius 1 is 1.41 bits per heavy atom. The zero-order valence-electron chi connectivity index (χ0n) is 12.4. The number of ether oxygens (including phenoxy) is 2. The Morgan fingerprint density at radius 3 is 3.05 bits per heavy atom. The molecule has 3 rings (SSSR count). The van der Waals surface area contributed by atoms with Crippen LogP contribution in [0.3, 0.4) is 0 Å². The van der Waals surface area contributed by atoms with Crippen molar-refractivity contribution < 1.29 is 14.3 Å². The molecule has 1 aromatic carbocycles. The SMILES string of the molecule is CC(NC(=O)C1COCCO1)c1cccc(-n2cccn2)c1. The highest BCUT2D eigenvalue weighted by Gasteiger charge is 2.24. The van der Waals surface area contributed by atoms with Gasteiger partial charge in [-0.1, -0.05) is 12.1 Å². The van der Waals surface area contributed by atoms with Crippen molar-refractivity contribution in [3.8, 4) is 5.69 Å². The zero-order chi connectivity index (χ0) is 15.4. The van der Waals surface area contributed by atoms with Crippen molar-refractivity contribution in [1.82, 2.24) is 15.1 Å². The number of carbonyl (C=O) groups is 1. The van der Waals surface area contributed by atoms with Crippen LogP contribution in [0.25, 0.3) is 5.69 Å². The Hall–Kier alpha value is -2.18. The van der Waals surface area contributed by atoms with E-state index in [1.807, 2.05) is 43.5 Å². The Kier molecular flexibility index (Phi) is 4.50. The van der Waals surface area contributed by atoms with Crippen LogP contribution in [0.2, 0.25) is 0 Å². The van der Waals surface area contributed by atoms with Gasteiger partial charge in [0.25, 0.3) is 5.91 Å². The summed E-state index contributed by atoms with van der Waals surface area (Å²) in [5.74, 6) is -0.142. The van der Waals surface area contributed by atoms with Gasteiger partial charge < -0.3 is 14.8 Å². The van der Waals surface area contributed by atoms with Crippen molar-refractivity contribution in [1.29, 1.82) is 0 Å². The molecule has 0 spiro atoms. The molecule has 1 aliphatic heterocycles. The lowest BCUT2D eigenvalue weighted by molar-refractivity contribution is -0.148. The molecule has 2 heterocycles. The van der Waals surface area contributed by atoms with Crippen LogP contribution < -0.4 is 5.32 Å². The predicted molar refractivity (Wildman–Crippen MR) is 80.7 cm³/mol. The lowest BCUT2D eigenvalue weighted by Gasteiger charge is -2.24. The summed E-state index contributed by atoms with van der Waals surface area (Å²) in [5, 5.41) is 7.18. The third-order valence-electron chi connectivity index (χ3n) is 3.61. The van der Waals surface area contributed by atoms with Gasteiger partial charge in [0.05, 0.1) is 31.5 Å². The van der Waals surface area contributed by atoms with Crippen LogP contribution in [0, 0.1) is 0 Å². The molecule has 6 nitrogen and oxygen atoms in total. The molecule has 0 saturated carbocycles. The van der Waals surface area contributed by atoms with Gasteiger partial charge in [0.1, 0.15) is 0 Å². The van der Waals surface area contributed by atoms with Crippen molar-refractivity contribution in [2.45, 2.75) is 19.1 Å². The molecule has 1 amide bonds. The molecule has 1 aliphatic rings. The number of amides is 1. The first kappa shape index (κ1) is 14.7. The molecule has 1 aromatic heterocycles. The Balaban J connectivity index is 1.68. The van der Waals surface area contributed by atoms with Crippen LogP contribution in [0.5, 0.6) is 0 Å². The van der Waals surface area contributed by atoms with Gasteiger partial charge in [0, 0.05) is 12.4 Å². The molecule has 0 aliphatic carbocycles. The Bertz CT molecular complexity index is 621. The van der Waals surface area contributed by atoms with Crippen LogP contribution in [0.15, 0.2) is 42.7 Å². The number of nitrogens with zero attached hydrogens (tertiary/aromatic N) is 2. The summed E-state index contributed by atoms with van der Waals surface area (Å²) in [6.45, 7) is 3.27. The lowest BCUT2D eigenvalue weighted by atomic mass is 10.1. The molecule has 6 heteroatoms. The number of aromatic nitrogens is 2. The van der Waals surface area contributed by atoms with Crippen LogP contribution >= 0.6 is 0 Å². The van der Waals surface area contributed by atoms with Gasteiger partial charge in [-0.15, -0.1) is 0 Å². The number of rotatable bonds is 4. The quantitative estimate of drug-likeness (QED) is 0.928. The first-order valence-electron chi connectivity index (χ1n) is 7.34. The smallest absolute Gasteiger partial charge is 0.252 e. The van der Waals surface area contributed by atoms with E-state index in [2.05, 4.69) is 10.4 Å². The largest absolute Gasteiger partial charge is 0.376 e. The minimum atomic E-state index is -0.523. The van der Waals surface area contributed by atoms with E-state index in [0.29, 0.717) is 19.8 Å². The van der Waals surface area contributed by atoms with Gasteiger partial charge in [-0.05, 0) is 30.7 Å². The minimum Gasteiger partial charge on any atom is -0.376 e. The molecule has 0 radical (unpaired) electrons. The van der Waals surface area contributed by atoms with Crippen molar-refractivity contribution in [2.24, 2.45) is 0 Å². The van der Waals surface area contributed by atoms with Gasteiger partial charge in [-0.2, -0.15) is 5.10 Å². The summed E-state index contributed by atoms with van der Waals surface area (Å²) in [7, 11) is 0. The molecular weight excluding hydrogens is 282 g/mol. The van der Waals surface area contributed by atoms with Crippen molar-refractivity contribution in [2.75, 3.05) is 19.8 Å². The average molecular weight is 301 g/mol. The fourth-order valence-corrected chi connectivity index (χ4v) is 2.39. The van der Waals surface area contributed by atoms with Crippen LogP contribution in [-0.2, 0) is 14.3 Å². The molecule has 2 aromatic rings. The first-order valence-corrected chi connectivity index (χ1v) is 7.34. The fraction of sp³-hybridized carbons (Fsp3) is 0.375. The predicted octanol–water partition coefficient (Wildman–Crippen LogP) is 1.46. The highest BCUT2D eigenvalue weighted by molar-refractivity contribution is 5.81. The first-order chi connectivity index (χ1) is 10.7. The Morgan fingerprint density at radius 2 is 2.32 bits per heavy atom. The monoisotopic (exact) mass is 301 g/mol. The minimum absolute atomic E-state index is 0.117. The lowest BCUT2D eigenvalue weighted by Crippen LogP contribution is -2.43. The summed E-state index contributed by atoms with van der Waals surface area (Å²) < 4.78 is 12.5. The molecule has 0 bridgehead atoms. The van der Waals surface area contributed by atoms with Gasteiger partial charge in [0.2, 0.25) is 0 Å². The maximum atomic E-state index is 12.2. The third kappa shape index (κ3) is 3.35. The van der Waals surface area contributed by atoms with E-state index in [4.69, 9.17) is 9.47 Å². The zero-order valence-corrected chi connectivity index (χ0v) is 12.4. The number of hydrogen-bond acceptors (Lipinski definition) is 4. The van der Waals surface area contributed by atoms with E-state index < -0.39 is 6.10 Å². The molecule has 2 unspecified atom stereocenters. The van der Waals surface area contributed by atoms with Crippen LogP contribution in [-0.4, -0.2) is 41.6 Å². The third-order valence-corrected chi connectivity index (χ3v) is 3.61. The molecule has 2 atom stereocenters. The molecule has 1 fully saturated rings. The van der Waals surface area contributed by atoms with E-state index in [0.717, 1.165) is 11.3 Å². The molecule has 22 heavy (non-hydrogen) atoms. The summed E-state index contributed by atoms with van der Waals surface area (Å²) in [5.41, 5.74) is 1.97. The summed E-state index contributed by atoms with van der Waals surface area (Å²) >= 11 is 0. The van der Waals surface area contributed by atoms with Crippen LogP contribution in [0.4, 0.5) is 0 Å². The highest BCUT2D eigenvalue weighted by atomic mass is 16.6. The summed E-state index contributed by atoms with van der Waals surface area (Å²) in [4.78, 5) is 12.2. The van der Waals surface area contributed by atoms with Crippen LogP contribution in [0.1, 0.15) is 18.5 Å². The number of carbonyl (C=O) groups excluding carboxylic acids is 1. The van der Waals surface area contributed by atoms with E-state index in [9.17, 15) is 4.79 Å². The number of hydrogen-bond donors (Lipinski definition) is 1. The van der Waals surface area contributed by atoms with E-state index >= 15 is 0 Å². The summed E-state index contributed by atoms with van der Waals surface area (Å²) in [6, 6.07) is 9.68. The second-order valence-corrected chi connectivity index (χ2v) is 5.21. The van der Waals surface area contributed by atoms with Crippen molar-refractivity contribution in [3.63, 3.8) is 0 Å². The Labute approximate surface area is 129 Å². The van der Waals surface area contributed by atoms with Gasteiger partial charge in [-0.3, -0.25) is 4.79 Å². The number of benzene rings is 1. The second-order valence-electron chi connectivity index (χ2n) is 5.21. The average Bonchev–Trinajstić information content (AvgIpc) is 3.10. The molecule has 116 valence electrons. The van der Waals surface area contributed by atoms with E-state index in [1.165, 1.54) is 0 Å². The maximum Gasteiger partial charge on any atom is 0.252 e. The highest BCUT2D eigenvalue weighted by Crippen LogP contribution is 2.17. The van der Waals surface area contributed by atoms with E-state index in [-0.39, 0.29) is 11.9 Å². The second kappa shape index (κ2) is 6.72. The van der Waals surface area contributed by atoms with Crippen molar-refractivity contribution >= 4 is 5.91 Å². The van der Waals surface area contributed by atoms with E-state index in [1.54, 1.807) is 10.9 Å². The maximum absolute atomic E-state index is 12.2. The molecule has 1 saturated heterocycles. The standard InChI is InChI=1S/C16H19N3O3/c1-12(18-16(20)15-11-21-8-9-22-15)13-4-2-5-14(10-13)19-7-3-6-17-19/h2-7,10,12,15H,8-9,11H2,1H3,(H,18,20).